The molecular weight excluding hydrogens is 162 g/mol. The lowest BCUT2D eigenvalue weighted by atomic mass is 10.00. The average Bonchev–Trinajstić information content (AvgIpc) is 2.52. The molecule has 0 aromatic heterocycles. The highest BCUT2D eigenvalue weighted by Crippen LogP contribution is 2.28. The van der Waals surface area contributed by atoms with Crippen molar-refractivity contribution in [3.63, 3.8) is 0 Å². The molecule has 0 bridgehead atoms. The molecule has 1 fully saturated rings. The van der Waals surface area contributed by atoms with Crippen LogP contribution in [0, 0.1) is 5.92 Å². The molecule has 3 atom stereocenters. The van der Waals surface area contributed by atoms with Gasteiger partial charge in [0, 0.05) is 19.2 Å². The number of nitrogens with one attached hydrogen (secondary N) is 1. The zero-order valence-electron chi connectivity index (χ0n) is 9.18. The van der Waals surface area contributed by atoms with Crippen molar-refractivity contribution in [1.82, 2.24) is 5.32 Å². The Bertz CT molecular complexity index is 138. The molecule has 0 amide bonds. The highest BCUT2D eigenvalue weighted by Gasteiger charge is 2.26. The van der Waals surface area contributed by atoms with Crippen LogP contribution in [-0.4, -0.2) is 25.8 Å². The average molecular weight is 185 g/mol. The van der Waals surface area contributed by atoms with E-state index >= 15 is 0 Å². The predicted molar refractivity (Wildman–Crippen MR) is 55.9 cm³/mol. The van der Waals surface area contributed by atoms with E-state index < -0.39 is 0 Å². The normalized spacial score (nSPS) is 30.7. The molecule has 1 aliphatic carbocycles. The van der Waals surface area contributed by atoms with Gasteiger partial charge in [-0.15, -0.1) is 0 Å². The molecule has 0 spiro atoms. The third-order valence-electron chi connectivity index (χ3n) is 3.10. The van der Waals surface area contributed by atoms with Gasteiger partial charge in [0.1, 0.15) is 0 Å². The number of hydrogen-bond acceptors (Lipinski definition) is 2. The summed E-state index contributed by atoms with van der Waals surface area (Å²) in [5.74, 6) is 0.902. The molecule has 2 nitrogen and oxygen atoms in total. The summed E-state index contributed by atoms with van der Waals surface area (Å²) in [7, 11) is 1.77. The van der Waals surface area contributed by atoms with Gasteiger partial charge in [0.05, 0.1) is 6.61 Å². The van der Waals surface area contributed by atoms with E-state index in [1.165, 1.54) is 25.7 Å². The summed E-state index contributed by atoms with van der Waals surface area (Å²) >= 11 is 0. The first-order valence-electron chi connectivity index (χ1n) is 5.53. The van der Waals surface area contributed by atoms with E-state index in [0.717, 1.165) is 18.6 Å². The van der Waals surface area contributed by atoms with E-state index in [-0.39, 0.29) is 0 Å². The SMILES string of the molecule is CCC1CCCC1NC(C)COC. The molecule has 1 saturated carbocycles. The van der Waals surface area contributed by atoms with Crippen LogP contribution in [-0.2, 0) is 4.74 Å². The summed E-state index contributed by atoms with van der Waals surface area (Å²) in [6.07, 6.45) is 5.48. The van der Waals surface area contributed by atoms with Crippen LogP contribution >= 0.6 is 0 Å². The minimum atomic E-state index is 0.502. The van der Waals surface area contributed by atoms with Crippen LogP contribution in [0.5, 0.6) is 0 Å². The Morgan fingerprint density at radius 3 is 2.85 bits per heavy atom. The largest absolute Gasteiger partial charge is 0.383 e. The van der Waals surface area contributed by atoms with E-state index in [2.05, 4.69) is 19.2 Å². The second-order valence-corrected chi connectivity index (χ2v) is 4.23. The third-order valence-corrected chi connectivity index (χ3v) is 3.10. The van der Waals surface area contributed by atoms with Crippen molar-refractivity contribution in [2.75, 3.05) is 13.7 Å². The van der Waals surface area contributed by atoms with Gasteiger partial charge in [0.2, 0.25) is 0 Å². The first-order chi connectivity index (χ1) is 6.27. The van der Waals surface area contributed by atoms with Crippen LogP contribution in [0.2, 0.25) is 0 Å². The standard InChI is InChI=1S/C11H23NO/c1-4-10-6-5-7-11(10)12-9(2)8-13-3/h9-12H,4-8H2,1-3H3. The first-order valence-corrected chi connectivity index (χ1v) is 5.53. The number of ether oxygens (including phenoxy) is 1. The number of methoxy groups -OCH3 is 1. The van der Waals surface area contributed by atoms with Gasteiger partial charge in [-0.25, -0.2) is 0 Å². The number of rotatable bonds is 5. The molecule has 1 N–H and O–H groups in total. The fraction of sp³-hybridized carbons (Fsp3) is 1.00. The van der Waals surface area contributed by atoms with Crippen LogP contribution in [0.1, 0.15) is 39.5 Å². The van der Waals surface area contributed by atoms with Gasteiger partial charge in [-0.2, -0.15) is 0 Å². The molecule has 2 heteroatoms. The van der Waals surface area contributed by atoms with E-state index in [1.54, 1.807) is 7.11 Å². The molecule has 0 aromatic rings. The van der Waals surface area contributed by atoms with Gasteiger partial charge in [-0.3, -0.25) is 0 Å². The Balaban J connectivity index is 2.26. The van der Waals surface area contributed by atoms with Gasteiger partial charge >= 0.3 is 0 Å². The van der Waals surface area contributed by atoms with Crippen molar-refractivity contribution in [2.24, 2.45) is 5.92 Å². The molecule has 0 saturated heterocycles. The summed E-state index contributed by atoms with van der Waals surface area (Å²) in [5.41, 5.74) is 0. The quantitative estimate of drug-likeness (QED) is 0.709. The smallest absolute Gasteiger partial charge is 0.0613 e. The lowest BCUT2D eigenvalue weighted by Crippen LogP contribution is -2.40. The Hall–Kier alpha value is -0.0800. The van der Waals surface area contributed by atoms with E-state index in [1.807, 2.05) is 0 Å². The summed E-state index contributed by atoms with van der Waals surface area (Å²) in [4.78, 5) is 0. The van der Waals surface area contributed by atoms with Gasteiger partial charge in [0.25, 0.3) is 0 Å². The molecule has 1 aliphatic rings. The van der Waals surface area contributed by atoms with Crippen LogP contribution in [0.3, 0.4) is 0 Å². The Kier molecular flexibility index (Phi) is 4.74. The topological polar surface area (TPSA) is 21.3 Å². The van der Waals surface area contributed by atoms with Crippen molar-refractivity contribution in [3.05, 3.63) is 0 Å². The van der Waals surface area contributed by atoms with Gasteiger partial charge < -0.3 is 10.1 Å². The van der Waals surface area contributed by atoms with Gasteiger partial charge in [-0.05, 0) is 25.7 Å². The summed E-state index contributed by atoms with van der Waals surface area (Å²) in [5, 5.41) is 3.66. The maximum absolute atomic E-state index is 5.12. The van der Waals surface area contributed by atoms with Crippen molar-refractivity contribution >= 4 is 0 Å². The second-order valence-electron chi connectivity index (χ2n) is 4.23. The third kappa shape index (κ3) is 3.28. The Morgan fingerprint density at radius 2 is 2.23 bits per heavy atom. The van der Waals surface area contributed by atoms with E-state index in [9.17, 15) is 0 Å². The van der Waals surface area contributed by atoms with Gasteiger partial charge in [0.15, 0.2) is 0 Å². The van der Waals surface area contributed by atoms with E-state index in [4.69, 9.17) is 4.74 Å². The Morgan fingerprint density at radius 1 is 1.46 bits per heavy atom. The molecule has 0 aromatic carbocycles. The fourth-order valence-electron chi connectivity index (χ4n) is 2.41. The first kappa shape index (κ1) is 11.0. The van der Waals surface area contributed by atoms with Gasteiger partial charge in [-0.1, -0.05) is 19.8 Å². The van der Waals surface area contributed by atoms with Crippen molar-refractivity contribution in [1.29, 1.82) is 0 Å². The summed E-state index contributed by atoms with van der Waals surface area (Å²) in [6, 6.07) is 1.25. The molecule has 13 heavy (non-hydrogen) atoms. The molecule has 1 rings (SSSR count). The lowest BCUT2D eigenvalue weighted by Gasteiger charge is -2.23. The summed E-state index contributed by atoms with van der Waals surface area (Å²) < 4.78 is 5.12. The molecule has 3 unspecified atom stereocenters. The number of hydrogen-bond donors (Lipinski definition) is 1. The highest BCUT2D eigenvalue weighted by molar-refractivity contribution is 4.83. The van der Waals surface area contributed by atoms with Crippen LogP contribution in [0.4, 0.5) is 0 Å². The predicted octanol–water partition coefficient (Wildman–Crippen LogP) is 2.19. The lowest BCUT2D eigenvalue weighted by molar-refractivity contribution is 0.162. The molecule has 78 valence electrons. The van der Waals surface area contributed by atoms with Crippen LogP contribution in [0.15, 0.2) is 0 Å². The molecule has 0 aliphatic heterocycles. The highest BCUT2D eigenvalue weighted by atomic mass is 16.5. The zero-order chi connectivity index (χ0) is 9.68. The minimum Gasteiger partial charge on any atom is -0.383 e. The Labute approximate surface area is 82.0 Å². The van der Waals surface area contributed by atoms with E-state index in [0.29, 0.717) is 6.04 Å². The van der Waals surface area contributed by atoms with Crippen molar-refractivity contribution in [2.45, 2.75) is 51.6 Å². The van der Waals surface area contributed by atoms with Crippen molar-refractivity contribution in [3.8, 4) is 0 Å². The summed E-state index contributed by atoms with van der Waals surface area (Å²) in [6.45, 7) is 5.33. The molecule has 0 heterocycles. The second kappa shape index (κ2) is 5.61. The van der Waals surface area contributed by atoms with Crippen LogP contribution < -0.4 is 5.32 Å². The van der Waals surface area contributed by atoms with Crippen molar-refractivity contribution < 1.29 is 4.74 Å². The van der Waals surface area contributed by atoms with Crippen LogP contribution in [0.25, 0.3) is 0 Å². The fourth-order valence-corrected chi connectivity index (χ4v) is 2.41. The molecular formula is C11H23NO. The molecule has 0 radical (unpaired) electrons. The maximum Gasteiger partial charge on any atom is 0.0613 e. The minimum absolute atomic E-state index is 0.502. The zero-order valence-corrected chi connectivity index (χ0v) is 9.18. The maximum atomic E-state index is 5.12. The monoisotopic (exact) mass is 185 g/mol.